The third-order valence-electron chi connectivity index (χ3n) is 4.11. The van der Waals surface area contributed by atoms with Gasteiger partial charge in [0.15, 0.2) is 10.3 Å². The Labute approximate surface area is 201 Å². The molecule has 2 amide bonds. The number of rotatable bonds is 5. The van der Waals surface area contributed by atoms with Crippen LogP contribution >= 0.6 is 54.5 Å². The fraction of sp³-hybridized carbons (Fsp3) is 0.111. The molecule has 32 heavy (non-hydrogen) atoms. The quantitative estimate of drug-likeness (QED) is 0.260. The first-order valence-electron chi connectivity index (χ1n) is 8.48. The van der Waals surface area contributed by atoms with Crippen LogP contribution in [0, 0.1) is 0 Å². The molecule has 4 rings (SSSR count). The summed E-state index contributed by atoms with van der Waals surface area (Å²) >= 11 is 8.09. The number of halogens is 6. The number of fused-ring (bicyclic) bond motifs is 2. The molecule has 0 saturated heterocycles. The zero-order chi connectivity index (χ0) is 23.3. The Morgan fingerprint density at radius 1 is 0.750 bits per heavy atom. The first-order valence-corrected chi connectivity index (χ1v) is 11.7. The van der Waals surface area contributed by atoms with Gasteiger partial charge in [0.05, 0.1) is 20.4 Å². The maximum Gasteiger partial charge on any atom is 0.396 e. The van der Waals surface area contributed by atoms with E-state index in [1.807, 2.05) is 0 Å². The van der Waals surface area contributed by atoms with Gasteiger partial charge < -0.3 is 0 Å². The smallest absolute Gasteiger partial charge is 0.296 e. The van der Waals surface area contributed by atoms with E-state index in [-0.39, 0.29) is 10.3 Å². The van der Waals surface area contributed by atoms with E-state index in [0.717, 1.165) is 22.7 Å². The molecule has 0 bridgehead atoms. The molecule has 0 radical (unpaired) electrons. The van der Waals surface area contributed by atoms with Crippen LogP contribution < -0.4 is 10.6 Å². The Morgan fingerprint density at radius 2 is 1.12 bits per heavy atom. The lowest BCUT2D eigenvalue weighted by molar-refractivity contribution is -0.204. The van der Waals surface area contributed by atoms with E-state index in [1.165, 1.54) is 0 Å². The highest BCUT2D eigenvalue weighted by atomic mass is 79.9. The summed E-state index contributed by atoms with van der Waals surface area (Å²) in [6, 6.07) is 9.65. The molecule has 0 aliphatic rings. The Balaban J connectivity index is 1.52. The van der Waals surface area contributed by atoms with Crippen molar-refractivity contribution >= 4 is 97.0 Å². The molecular weight excluding hydrogens is 604 g/mol. The van der Waals surface area contributed by atoms with Gasteiger partial charge in [0.25, 0.3) is 0 Å². The van der Waals surface area contributed by atoms with Crippen LogP contribution in [0.3, 0.4) is 0 Å². The van der Waals surface area contributed by atoms with E-state index in [2.05, 4.69) is 41.8 Å². The molecule has 0 fully saturated rings. The van der Waals surface area contributed by atoms with E-state index in [1.54, 1.807) is 47.0 Å². The summed E-state index contributed by atoms with van der Waals surface area (Å²) in [6.07, 6.45) is 0. The van der Waals surface area contributed by atoms with Crippen LogP contribution in [0.25, 0.3) is 20.4 Å². The summed E-state index contributed by atoms with van der Waals surface area (Å²) in [5.74, 6) is -15.4. The highest BCUT2D eigenvalue weighted by Crippen LogP contribution is 2.38. The minimum atomic E-state index is -5.35. The van der Waals surface area contributed by atoms with Crippen molar-refractivity contribution in [2.75, 3.05) is 10.6 Å². The summed E-state index contributed by atoms with van der Waals surface area (Å²) in [6.45, 7) is 0. The third-order valence-corrected chi connectivity index (χ3v) is 6.96. The van der Waals surface area contributed by atoms with Crippen molar-refractivity contribution in [3.63, 3.8) is 0 Å². The third kappa shape index (κ3) is 4.23. The van der Waals surface area contributed by atoms with Crippen molar-refractivity contribution in [1.82, 2.24) is 9.97 Å². The largest absolute Gasteiger partial charge is 0.396 e. The summed E-state index contributed by atoms with van der Waals surface area (Å²) in [7, 11) is 0. The summed E-state index contributed by atoms with van der Waals surface area (Å²) in [4.78, 5) is 31.8. The van der Waals surface area contributed by atoms with Crippen LogP contribution in [-0.4, -0.2) is 33.6 Å². The van der Waals surface area contributed by atoms with Gasteiger partial charge in [-0.15, -0.1) is 0 Å². The number of carbonyl (C=O) groups excluding carboxylic acids is 2. The lowest BCUT2D eigenvalue weighted by atomic mass is 10.1. The summed E-state index contributed by atoms with van der Waals surface area (Å²) in [5, 5.41) is 2.72. The van der Waals surface area contributed by atoms with Gasteiger partial charge in [-0.05, 0) is 36.4 Å². The zero-order valence-electron chi connectivity index (χ0n) is 15.3. The molecule has 0 atom stereocenters. The number of hydrogen-bond donors (Lipinski definition) is 2. The average Bonchev–Trinajstić information content (AvgIpc) is 3.29. The number of anilines is 2. The highest BCUT2D eigenvalue weighted by molar-refractivity contribution is 9.10. The van der Waals surface area contributed by atoms with Crippen molar-refractivity contribution in [2.45, 2.75) is 11.8 Å². The van der Waals surface area contributed by atoms with E-state index in [4.69, 9.17) is 0 Å². The maximum atomic E-state index is 14.3. The number of alkyl halides is 4. The molecule has 0 aliphatic carbocycles. The number of carbonyl (C=O) groups is 2. The fourth-order valence-corrected chi connectivity index (χ4v) is 5.37. The molecule has 2 heterocycles. The van der Waals surface area contributed by atoms with Crippen LogP contribution in [0.1, 0.15) is 0 Å². The highest BCUT2D eigenvalue weighted by Gasteiger charge is 2.67. The summed E-state index contributed by atoms with van der Waals surface area (Å²) < 4.78 is 59.8. The predicted molar refractivity (Wildman–Crippen MR) is 122 cm³/mol. The van der Waals surface area contributed by atoms with Gasteiger partial charge in [-0.2, -0.15) is 17.6 Å². The molecule has 2 aromatic heterocycles. The molecule has 2 N–H and O–H groups in total. The van der Waals surface area contributed by atoms with Crippen LogP contribution in [0.15, 0.2) is 45.3 Å². The number of thiazole rings is 2. The number of benzene rings is 2. The number of aromatic nitrogens is 2. The molecule has 166 valence electrons. The van der Waals surface area contributed by atoms with E-state index < -0.39 is 23.7 Å². The second-order valence-electron chi connectivity index (χ2n) is 6.32. The lowest BCUT2D eigenvalue weighted by Gasteiger charge is -2.23. The molecule has 4 aromatic rings. The SMILES string of the molecule is O=C(Nc1nc2ccc(Br)cc2s1)C(F)(F)C(F)(F)C(=O)Nc1nc2ccc(Br)cc2s1. The van der Waals surface area contributed by atoms with Gasteiger partial charge in [0.2, 0.25) is 0 Å². The van der Waals surface area contributed by atoms with Crippen molar-refractivity contribution in [3.8, 4) is 0 Å². The van der Waals surface area contributed by atoms with E-state index >= 15 is 0 Å². The standard InChI is InChI=1S/C18H8Br2F4N4O2S2/c19-7-1-3-9-11(5-7)31-15(25-9)27-13(29)17(21,22)18(23,24)14(30)28-16-26-10-4-2-8(20)6-12(10)32-16/h1-6H,(H,25,27,29)(H,26,28,30). The van der Waals surface area contributed by atoms with E-state index in [9.17, 15) is 27.2 Å². The minimum absolute atomic E-state index is 0.310. The average molecular weight is 612 g/mol. The molecule has 0 saturated carbocycles. The van der Waals surface area contributed by atoms with Gasteiger partial charge in [0.1, 0.15) is 0 Å². The maximum absolute atomic E-state index is 14.3. The van der Waals surface area contributed by atoms with Gasteiger partial charge in [-0.1, -0.05) is 54.5 Å². The first kappa shape index (κ1) is 23.0. The number of nitrogens with one attached hydrogen (secondary N) is 2. The summed E-state index contributed by atoms with van der Waals surface area (Å²) in [5.41, 5.74) is 0.757. The molecule has 0 spiro atoms. The van der Waals surface area contributed by atoms with Crippen molar-refractivity contribution < 1.29 is 27.2 Å². The van der Waals surface area contributed by atoms with Gasteiger partial charge in [0, 0.05) is 8.95 Å². The number of nitrogens with zero attached hydrogens (tertiary/aromatic N) is 2. The van der Waals surface area contributed by atoms with Gasteiger partial charge >= 0.3 is 23.7 Å². The molecule has 2 aromatic carbocycles. The fourth-order valence-electron chi connectivity index (χ4n) is 2.54. The molecule has 0 aliphatic heterocycles. The van der Waals surface area contributed by atoms with Crippen molar-refractivity contribution in [2.24, 2.45) is 0 Å². The van der Waals surface area contributed by atoms with Crippen LogP contribution in [-0.2, 0) is 9.59 Å². The Hall–Kier alpha value is -2.16. The van der Waals surface area contributed by atoms with Crippen LogP contribution in [0.2, 0.25) is 0 Å². The first-order chi connectivity index (χ1) is 15.0. The Bertz CT molecular complexity index is 1270. The number of amides is 2. The second kappa shape index (κ2) is 8.32. The van der Waals surface area contributed by atoms with E-state index in [0.29, 0.717) is 29.4 Å². The number of hydrogen-bond acceptors (Lipinski definition) is 6. The Kier molecular flexibility index (Phi) is 5.98. The van der Waals surface area contributed by atoms with Crippen molar-refractivity contribution in [3.05, 3.63) is 45.3 Å². The zero-order valence-corrected chi connectivity index (χ0v) is 20.1. The molecule has 6 nitrogen and oxygen atoms in total. The minimum Gasteiger partial charge on any atom is -0.296 e. The normalized spacial score (nSPS) is 12.3. The lowest BCUT2D eigenvalue weighted by Crippen LogP contribution is -2.56. The van der Waals surface area contributed by atoms with Crippen LogP contribution in [0.5, 0.6) is 0 Å². The Morgan fingerprint density at radius 3 is 1.50 bits per heavy atom. The van der Waals surface area contributed by atoms with Crippen LogP contribution in [0.4, 0.5) is 27.8 Å². The van der Waals surface area contributed by atoms with Gasteiger partial charge in [-0.3, -0.25) is 20.2 Å². The van der Waals surface area contributed by atoms with Gasteiger partial charge in [-0.25, -0.2) is 9.97 Å². The topological polar surface area (TPSA) is 84.0 Å². The molecule has 0 unspecified atom stereocenters. The molecule has 14 heteroatoms. The second-order valence-corrected chi connectivity index (χ2v) is 10.2. The molecular formula is C18H8Br2F4N4O2S2. The monoisotopic (exact) mass is 610 g/mol. The van der Waals surface area contributed by atoms with Crippen molar-refractivity contribution in [1.29, 1.82) is 0 Å². The predicted octanol–water partition coefficient (Wildman–Crippen LogP) is 6.28.